The zero-order chi connectivity index (χ0) is 28.4. The third-order valence-electron chi connectivity index (χ3n) is 7.71. The van der Waals surface area contributed by atoms with Gasteiger partial charge in [0, 0.05) is 42.8 Å². The van der Waals surface area contributed by atoms with E-state index >= 15 is 0 Å². The zero-order valence-corrected chi connectivity index (χ0v) is 23.6. The number of para-hydroxylation sites is 1. The number of ether oxygens (including phenoxy) is 3. The minimum Gasteiger partial charge on any atom is -0.472 e. The Morgan fingerprint density at radius 1 is 0.667 bits per heavy atom. The number of fused-ring (bicyclic) bond motifs is 1. The quantitative estimate of drug-likeness (QED) is 0.136. The first-order valence-corrected chi connectivity index (χ1v) is 14.8. The molecule has 0 unspecified atom stereocenters. The molecule has 0 amide bonds. The van der Waals surface area contributed by atoms with E-state index in [0.29, 0.717) is 24.5 Å². The molecule has 42 heavy (non-hydrogen) atoms. The molecule has 2 heterocycles. The van der Waals surface area contributed by atoms with Crippen LogP contribution in [-0.4, -0.2) is 19.5 Å². The molecule has 1 aliphatic rings. The van der Waals surface area contributed by atoms with Crippen LogP contribution in [0.25, 0.3) is 20.5 Å². The van der Waals surface area contributed by atoms with E-state index in [0.717, 1.165) is 49.1 Å². The maximum absolute atomic E-state index is 12.6. The van der Waals surface area contributed by atoms with Crippen molar-refractivity contribution in [3.05, 3.63) is 161 Å². The highest BCUT2D eigenvalue weighted by Crippen LogP contribution is 2.50. The third-order valence-corrected chi connectivity index (χ3v) is 8.93. The predicted molar refractivity (Wildman–Crippen MR) is 167 cm³/mol. The van der Waals surface area contributed by atoms with Crippen molar-refractivity contribution in [2.45, 2.75) is 11.9 Å². The van der Waals surface area contributed by atoms with Gasteiger partial charge in [0.05, 0.1) is 18.8 Å². The smallest absolute Gasteiger partial charge is 0.187 e. The van der Waals surface area contributed by atoms with Crippen molar-refractivity contribution < 1.29 is 19.0 Å². The van der Waals surface area contributed by atoms with Gasteiger partial charge in [-0.3, -0.25) is 4.79 Å². The SMILES string of the molecule is O=Cc1c(-c2cccc(C3OCCO3)c2OC(c2ccccc2)(c2ccccc2)c2ccccc2)sc2ccccc12. The molecule has 0 aliphatic carbocycles. The van der Waals surface area contributed by atoms with Gasteiger partial charge in [-0.1, -0.05) is 121 Å². The lowest BCUT2D eigenvalue weighted by Crippen LogP contribution is -2.36. The first kappa shape index (κ1) is 26.4. The molecule has 0 radical (unpaired) electrons. The standard InChI is InChI=1S/C37H28O4S/c38-25-32-29-19-10-11-22-33(29)42-35(32)30-20-12-21-31(36-39-23-24-40-36)34(30)41-37(26-13-4-1-5-14-26,27-15-6-2-7-16-27)28-17-8-3-9-18-28/h1-22,25,36H,23-24H2. The Kier molecular flexibility index (Phi) is 7.14. The van der Waals surface area contributed by atoms with Crippen molar-refractivity contribution in [2.24, 2.45) is 0 Å². The van der Waals surface area contributed by atoms with E-state index in [4.69, 9.17) is 14.2 Å². The maximum atomic E-state index is 12.6. The Balaban J connectivity index is 1.55. The maximum Gasteiger partial charge on any atom is 0.187 e. The van der Waals surface area contributed by atoms with Gasteiger partial charge in [-0.25, -0.2) is 0 Å². The molecular formula is C37H28O4S. The molecule has 0 N–H and O–H groups in total. The van der Waals surface area contributed by atoms with Gasteiger partial charge >= 0.3 is 0 Å². The average Bonchev–Trinajstić information content (AvgIpc) is 3.73. The number of rotatable bonds is 8. The van der Waals surface area contributed by atoms with Gasteiger partial charge in [-0.2, -0.15) is 0 Å². The van der Waals surface area contributed by atoms with Crippen LogP contribution < -0.4 is 4.74 Å². The van der Waals surface area contributed by atoms with Gasteiger partial charge in [0.25, 0.3) is 0 Å². The van der Waals surface area contributed by atoms with Crippen LogP contribution in [0.3, 0.4) is 0 Å². The average molecular weight is 569 g/mol. The molecule has 5 heteroatoms. The van der Waals surface area contributed by atoms with Crippen LogP contribution in [0, 0.1) is 0 Å². The fourth-order valence-electron chi connectivity index (χ4n) is 5.80. The molecule has 7 rings (SSSR count). The molecule has 0 bridgehead atoms. The highest BCUT2D eigenvalue weighted by atomic mass is 32.1. The Morgan fingerprint density at radius 3 is 1.79 bits per heavy atom. The fraction of sp³-hybridized carbons (Fsp3) is 0.108. The van der Waals surface area contributed by atoms with E-state index in [1.165, 1.54) is 0 Å². The lowest BCUT2D eigenvalue weighted by molar-refractivity contribution is -0.0468. The molecule has 1 fully saturated rings. The normalized spacial score (nSPS) is 13.8. The van der Waals surface area contributed by atoms with E-state index in [1.807, 2.05) is 97.1 Å². The molecule has 4 nitrogen and oxygen atoms in total. The van der Waals surface area contributed by atoms with Crippen LogP contribution in [0.1, 0.15) is 38.9 Å². The number of aldehydes is 1. The summed E-state index contributed by atoms with van der Waals surface area (Å²) in [5, 5.41) is 0.928. The minimum atomic E-state index is -1.02. The van der Waals surface area contributed by atoms with Crippen LogP contribution in [0.2, 0.25) is 0 Å². The van der Waals surface area contributed by atoms with E-state index < -0.39 is 11.9 Å². The largest absolute Gasteiger partial charge is 0.472 e. The van der Waals surface area contributed by atoms with Crippen LogP contribution in [-0.2, 0) is 15.1 Å². The Bertz CT molecular complexity index is 1730. The molecule has 5 aromatic carbocycles. The summed E-state index contributed by atoms with van der Waals surface area (Å²) in [6, 6.07) is 44.8. The molecule has 206 valence electrons. The van der Waals surface area contributed by atoms with E-state index in [9.17, 15) is 4.79 Å². The van der Waals surface area contributed by atoms with Gasteiger partial charge < -0.3 is 14.2 Å². The molecular weight excluding hydrogens is 540 g/mol. The van der Waals surface area contributed by atoms with Crippen molar-refractivity contribution in [3.8, 4) is 16.2 Å². The van der Waals surface area contributed by atoms with E-state index in [1.54, 1.807) is 11.3 Å². The van der Waals surface area contributed by atoms with Crippen molar-refractivity contribution in [2.75, 3.05) is 13.2 Å². The summed E-state index contributed by atoms with van der Waals surface area (Å²) in [6.07, 6.45) is 0.362. The summed E-state index contributed by atoms with van der Waals surface area (Å²) in [7, 11) is 0. The second-order valence-electron chi connectivity index (χ2n) is 10.1. The number of carbonyl (C=O) groups is 1. The molecule has 6 aromatic rings. The van der Waals surface area contributed by atoms with Crippen molar-refractivity contribution in [3.63, 3.8) is 0 Å². The molecule has 1 saturated heterocycles. The van der Waals surface area contributed by atoms with Gasteiger partial charge in [0.15, 0.2) is 18.2 Å². The zero-order valence-electron chi connectivity index (χ0n) is 22.8. The van der Waals surface area contributed by atoms with Crippen LogP contribution in [0.15, 0.2) is 133 Å². The van der Waals surface area contributed by atoms with Gasteiger partial charge in [0.1, 0.15) is 5.75 Å². The van der Waals surface area contributed by atoms with E-state index in [2.05, 4.69) is 36.4 Å². The van der Waals surface area contributed by atoms with Crippen molar-refractivity contribution in [1.82, 2.24) is 0 Å². The van der Waals surface area contributed by atoms with Crippen LogP contribution in [0.5, 0.6) is 5.75 Å². The molecule has 1 aromatic heterocycles. The monoisotopic (exact) mass is 568 g/mol. The number of hydrogen-bond donors (Lipinski definition) is 0. The van der Waals surface area contributed by atoms with Gasteiger partial charge in [-0.05, 0) is 12.1 Å². The number of benzene rings is 5. The Morgan fingerprint density at radius 2 is 1.21 bits per heavy atom. The Labute approximate surface area is 248 Å². The van der Waals surface area contributed by atoms with Crippen LogP contribution >= 0.6 is 11.3 Å². The molecule has 0 atom stereocenters. The topological polar surface area (TPSA) is 44.8 Å². The molecule has 0 saturated carbocycles. The molecule has 0 spiro atoms. The second kappa shape index (κ2) is 11.4. The van der Waals surface area contributed by atoms with Crippen LogP contribution in [0.4, 0.5) is 0 Å². The predicted octanol–water partition coefficient (Wildman–Crippen LogP) is 8.80. The highest BCUT2D eigenvalue weighted by Gasteiger charge is 2.41. The lowest BCUT2D eigenvalue weighted by Gasteiger charge is -2.38. The summed E-state index contributed by atoms with van der Waals surface area (Å²) in [5.74, 6) is 0.621. The third kappa shape index (κ3) is 4.52. The van der Waals surface area contributed by atoms with Crippen molar-refractivity contribution in [1.29, 1.82) is 0 Å². The van der Waals surface area contributed by atoms with Crippen molar-refractivity contribution >= 4 is 27.7 Å². The highest BCUT2D eigenvalue weighted by molar-refractivity contribution is 7.22. The number of thiophene rings is 1. The fourth-order valence-corrected chi connectivity index (χ4v) is 7.00. The number of carbonyl (C=O) groups excluding carboxylic acids is 1. The first-order chi connectivity index (χ1) is 20.8. The second-order valence-corrected chi connectivity index (χ2v) is 11.2. The summed E-state index contributed by atoms with van der Waals surface area (Å²) in [4.78, 5) is 13.4. The van der Waals surface area contributed by atoms with Gasteiger partial charge in [-0.15, -0.1) is 11.3 Å². The first-order valence-electron chi connectivity index (χ1n) is 14.0. The lowest BCUT2D eigenvalue weighted by atomic mass is 9.80. The summed E-state index contributed by atoms with van der Waals surface area (Å²) >= 11 is 1.59. The summed E-state index contributed by atoms with van der Waals surface area (Å²) in [6.45, 7) is 0.996. The summed E-state index contributed by atoms with van der Waals surface area (Å²) < 4.78 is 20.7. The molecule has 1 aliphatic heterocycles. The van der Waals surface area contributed by atoms with Gasteiger partial charge in [0.2, 0.25) is 0 Å². The Hall–Kier alpha value is -4.55. The summed E-state index contributed by atoms with van der Waals surface area (Å²) in [5.41, 5.74) is 4.16. The number of hydrogen-bond acceptors (Lipinski definition) is 5. The van der Waals surface area contributed by atoms with E-state index in [-0.39, 0.29) is 0 Å². The minimum absolute atomic E-state index is 0.498.